The maximum absolute atomic E-state index is 14.3. The highest BCUT2D eigenvalue weighted by molar-refractivity contribution is 6.30. The zero-order valence-electron chi connectivity index (χ0n) is 21.1. The van der Waals surface area contributed by atoms with E-state index in [0.717, 1.165) is 51.9 Å². The molecule has 2 aliphatic heterocycles. The second kappa shape index (κ2) is 10.7. The maximum Gasteiger partial charge on any atom is 0.228 e. The molecule has 0 aliphatic carbocycles. The molecule has 3 heterocycles. The van der Waals surface area contributed by atoms with Crippen LogP contribution in [0.2, 0.25) is 5.02 Å². The number of carbonyl (C=O) groups is 1. The predicted octanol–water partition coefficient (Wildman–Crippen LogP) is 4.89. The van der Waals surface area contributed by atoms with Crippen molar-refractivity contribution in [1.29, 1.82) is 0 Å². The molecule has 1 aromatic heterocycles. The summed E-state index contributed by atoms with van der Waals surface area (Å²) in [7, 11) is 3.49. The highest BCUT2D eigenvalue weighted by atomic mass is 35.5. The van der Waals surface area contributed by atoms with E-state index in [1.54, 1.807) is 13.2 Å². The molecule has 0 saturated carbocycles. The van der Waals surface area contributed by atoms with E-state index in [0.29, 0.717) is 45.8 Å². The number of methoxy groups -OCH3 is 1. The fourth-order valence-electron chi connectivity index (χ4n) is 5.29. The van der Waals surface area contributed by atoms with Gasteiger partial charge in [0.1, 0.15) is 18.0 Å². The average Bonchev–Trinajstić information content (AvgIpc) is 3.18. The lowest BCUT2D eigenvalue weighted by Gasteiger charge is -2.37. The minimum absolute atomic E-state index is 0.137. The minimum atomic E-state index is -0.436. The van der Waals surface area contributed by atoms with Gasteiger partial charge in [0.15, 0.2) is 11.5 Å². The number of likely N-dealkylation sites (tertiary alicyclic amines) is 2. The number of hydrogen-bond acceptors (Lipinski definition) is 7. The quantitative estimate of drug-likeness (QED) is 0.418. The third-order valence-corrected chi connectivity index (χ3v) is 7.75. The zero-order chi connectivity index (χ0) is 26.0. The lowest BCUT2D eigenvalue weighted by atomic mass is 9.77. The molecule has 3 aromatic rings. The number of anilines is 2. The van der Waals surface area contributed by atoms with E-state index >= 15 is 0 Å². The van der Waals surface area contributed by atoms with Crippen molar-refractivity contribution in [3.05, 3.63) is 47.5 Å². The number of halogens is 2. The summed E-state index contributed by atoms with van der Waals surface area (Å²) in [6, 6.07) is 7.90. The normalized spacial score (nSPS) is 17.5. The second-order valence-electron chi connectivity index (χ2n) is 9.79. The Morgan fingerprint density at radius 1 is 1.11 bits per heavy atom. The Labute approximate surface area is 220 Å². The molecule has 37 heavy (non-hydrogen) atoms. The topological polar surface area (TPSA) is 79.8 Å². The van der Waals surface area contributed by atoms with Crippen LogP contribution >= 0.6 is 11.6 Å². The molecular formula is C27H31ClFN5O3. The third-order valence-electron chi connectivity index (χ3n) is 7.52. The lowest BCUT2D eigenvalue weighted by Crippen LogP contribution is -2.44. The number of carbonyl (C=O) groups excluding carboxylic acids is 1. The van der Waals surface area contributed by atoms with Crippen molar-refractivity contribution >= 4 is 39.9 Å². The molecule has 0 bridgehead atoms. The predicted molar refractivity (Wildman–Crippen MR) is 141 cm³/mol. The Morgan fingerprint density at radius 3 is 2.62 bits per heavy atom. The van der Waals surface area contributed by atoms with Crippen molar-refractivity contribution in [3.63, 3.8) is 0 Å². The van der Waals surface area contributed by atoms with Crippen LogP contribution in [0.5, 0.6) is 11.5 Å². The van der Waals surface area contributed by atoms with Crippen molar-refractivity contribution in [2.45, 2.75) is 25.7 Å². The molecule has 2 fully saturated rings. The summed E-state index contributed by atoms with van der Waals surface area (Å²) < 4.78 is 25.9. The van der Waals surface area contributed by atoms with Gasteiger partial charge >= 0.3 is 0 Å². The number of hydrogen-bond donors (Lipinski definition) is 1. The van der Waals surface area contributed by atoms with Crippen molar-refractivity contribution in [2.75, 3.05) is 52.3 Å². The fraction of sp³-hybridized carbons (Fsp3) is 0.444. The first-order chi connectivity index (χ1) is 17.9. The molecule has 1 amide bonds. The molecular weight excluding hydrogens is 497 g/mol. The number of nitrogens with zero attached hydrogens (tertiary/aromatic N) is 4. The zero-order valence-corrected chi connectivity index (χ0v) is 21.9. The van der Waals surface area contributed by atoms with E-state index in [4.69, 9.17) is 21.1 Å². The number of rotatable bonds is 8. The van der Waals surface area contributed by atoms with Gasteiger partial charge in [-0.1, -0.05) is 11.6 Å². The summed E-state index contributed by atoms with van der Waals surface area (Å²) in [5.74, 6) is 1.45. The molecule has 1 N–H and O–H groups in total. The van der Waals surface area contributed by atoms with Gasteiger partial charge in [-0.05, 0) is 63.0 Å². The second-order valence-corrected chi connectivity index (χ2v) is 10.2. The van der Waals surface area contributed by atoms with Crippen LogP contribution in [0.4, 0.5) is 15.9 Å². The van der Waals surface area contributed by atoms with Crippen LogP contribution in [-0.2, 0) is 4.79 Å². The van der Waals surface area contributed by atoms with Crippen molar-refractivity contribution in [2.24, 2.45) is 5.41 Å². The first kappa shape index (κ1) is 25.5. The Morgan fingerprint density at radius 2 is 1.89 bits per heavy atom. The summed E-state index contributed by atoms with van der Waals surface area (Å²) in [6.45, 7) is 4.15. The Kier molecular flexibility index (Phi) is 7.35. The first-order valence-electron chi connectivity index (χ1n) is 12.5. The molecule has 196 valence electrons. The lowest BCUT2D eigenvalue weighted by molar-refractivity contribution is -0.137. The summed E-state index contributed by atoms with van der Waals surface area (Å²) >= 11 is 6.04. The molecule has 0 atom stereocenters. The Balaban J connectivity index is 1.22. The van der Waals surface area contributed by atoms with Crippen LogP contribution < -0.4 is 14.8 Å². The van der Waals surface area contributed by atoms with E-state index in [-0.39, 0.29) is 11.1 Å². The smallest absolute Gasteiger partial charge is 0.228 e. The number of fused-ring (bicyclic) bond motifs is 1. The number of aromatic nitrogens is 2. The van der Waals surface area contributed by atoms with Gasteiger partial charge in [0.25, 0.3) is 0 Å². The number of ether oxygens (including phenoxy) is 2. The van der Waals surface area contributed by atoms with E-state index in [9.17, 15) is 9.18 Å². The minimum Gasteiger partial charge on any atom is -0.493 e. The fourth-order valence-corrected chi connectivity index (χ4v) is 5.46. The van der Waals surface area contributed by atoms with Crippen LogP contribution in [0.3, 0.4) is 0 Å². The molecule has 1 spiro atoms. The Hall–Kier alpha value is -3.17. The van der Waals surface area contributed by atoms with Crippen LogP contribution in [0.25, 0.3) is 10.9 Å². The standard InChI is InChI=1S/C27H31ClFN5O3/c1-33-10-6-27(26(33)35)7-11-34(12-8-27)9-3-13-37-24-15-19-21(16-23(24)36-2)30-17-31-25(19)32-22-14-18(28)4-5-20(22)29/h4-5,14-17H,3,6-13H2,1-2H3,(H,30,31,32). The van der Waals surface area contributed by atoms with Gasteiger partial charge < -0.3 is 24.6 Å². The van der Waals surface area contributed by atoms with Crippen molar-refractivity contribution in [1.82, 2.24) is 19.8 Å². The van der Waals surface area contributed by atoms with Crippen LogP contribution in [0.15, 0.2) is 36.7 Å². The van der Waals surface area contributed by atoms with Crippen molar-refractivity contribution in [3.8, 4) is 11.5 Å². The SMILES string of the molecule is COc1cc2ncnc(Nc3cc(Cl)ccc3F)c2cc1OCCCN1CCC2(CC1)CCN(C)C2=O. The number of benzene rings is 2. The molecule has 8 nitrogen and oxygen atoms in total. The summed E-state index contributed by atoms with van der Waals surface area (Å²) in [6.07, 6.45) is 5.09. The van der Waals surface area contributed by atoms with Crippen LogP contribution in [0, 0.1) is 11.2 Å². The highest BCUT2D eigenvalue weighted by Crippen LogP contribution is 2.41. The summed E-state index contributed by atoms with van der Waals surface area (Å²) in [5.41, 5.74) is 0.723. The number of piperidine rings is 1. The molecule has 2 aromatic carbocycles. The molecule has 2 aliphatic rings. The van der Waals surface area contributed by atoms with Crippen LogP contribution in [-0.4, -0.2) is 72.6 Å². The highest BCUT2D eigenvalue weighted by Gasteiger charge is 2.46. The molecule has 0 unspecified atom stereocenters. The largest absolute Gasteiger partial charge is 0.493 e. The average molecular weight is 528 g/mol. The van der Waals surface area contributed by atoms with E-state index in [2.05, 4.69) is 20.2 Å². The van der Waals surface area contributed by atoms with Gasteiger partial charge in [0.05, 0.1) is 30.3 Å². The molecule has 10 heteroatoms. The third kappa shape index (κ3) is 5.29. The van der Waals surface area contributed by atoms with Gasteiger partial charge in [-0.15, -0.1) is 0 Å². The van der Waals surface area contributed by atoms with E-state index in [1.165, 1.54) is 24.5 Å². The number of nitrogens with one attached hydrogen (secondary N) is 1. The van der Waals surface area contributed by atoms with E-state index in [1.807, 2.05) is 18.0 Å². The first-order valence-corrected chi connectivity index (χ1v) is 12.9. The monoisotopic (exact) mass is 527 g/mol. The van der Waals surface area contributed by atoms with Gasteiger partial charge in [0, 0.05) is 36.6 Å². The maximum atomic E-state index is 14.3. The van der Waals surface area contributed by atoms with Crippen LogP contribution in [0.1, 0.15) is 25.7 Å². The molecule has 0 radical (unpaired) electrons. The molecule has 5 rings (SSSR count). The van der Waals surface area contributed by atoms with Gasteiger partial charge in [-0.3, -0.25) is 4.79 Å². The molecule has 2 saturated heterocycles. The van der Waals surface area contributed by atoms with E-state index < -0.39 is 5.82 Å². The van der Waals surface area contributed by atoms with Crippen molar-refractivity contribution < 1.29 is 18.7 Å². The van der Waals surface area contributed by atoms with Gasteiger partial charge in [-0.2, -0.15) is 0 Å². The summed E-state index contributed by atoms with van der Waals surface area (Å²) in [5, 5.41) is 4.10. The van der Waals surface area contributed by atoms with Gasteiger partial charge in [0.2, 0.25) is 5.91 Å². The van der Waals surface area contributed by atoms with Gasteiger partial charge in [-0.25, -0.2) is 14.4 Å². The number of amides is 1. The Bertz CT molecular complexity index is 1300. The summed E-state index contributed by atoms with van der Waals surface area (Å²) in [4.78, 5) is 25.5.